The molecule has 7 heteroatoms. The molecule has 0 unspecified atom stereocenters. The Morgan fingerprint density at radius 3 is 2.54 bits per heavy atom. The van der Waals surface area contributed by atoms with Crippen molar-refractivity contribution in [2.75, 3.05) is 13.2 Å². The molecule has 0 radical (unpaired) electrons. The first-order valence-electron chi connectivity index (χ1n) is 7.65. The molecule has 0 saturated heterocycles. The summed E-state index contributed by atoms with van der Waals surface area (Å²) < 4.78 is 48.9. The first-order chi connectivity index (χ1) is 12.4. The number of hydrogen-bond acceptors (Lipinski definition) is 3. The van der Waals surface area contributed by atoms with Crippen molar-refractivity contribution in [2.24, 2.45) is 0 Å². The average molecular weight is 363 g/mol. The third kappa shape index (κ3) is 5.74. The summed E-state index contributed by atoms with van der Waals surface area (Å²) in [6, 6.07) is 12.5. The second-order valence-corrected chi connectivity index (χ2v) is 5.19. The largest absolute Gasteiger partial charge is 0.492 e. The van der Waals surface area contributed by atoms with Gasteiger partial charge in [0.25, 0.3) is 0 Å². The summed E-state index contributed by atoms with van der Waals surface area (Å²) in [4.78, 5) is 11.5. The Morgan fingerprint density at radius 1 is 1.15 bits per heavy atom. The van der Waals surface area contributed by atoms with Crippen LogP contribution in [0, 0.1) is 12.3 Å². The molecule has 0 aliphatic carbocycles. The fraction of sp³-hybridized carbons (Fsp3) is 0.211. The highest BCUT2D eigenvalue weighted by Crippen LogP contribution is 2.34. The number of carbonyl (C=O) groups is 1. The van der Waals surface area contributed by atoms with Crippen LogP contribution in [-0.2, 0) is 17.5 Å². The quantitative estimate of drug-likeness (QED) is 0.624. The van der Waals surface area contributed by atoms with E-state index in [1.807, 2.05) is 36.3 Å². The van der Waals surface area contributed by atoms with Gasteiger partial charge < -0.3 is 14.8 Å². The van der Waals surface area contributed by atoms with Crippen molar-refractivity contribution in [3.63, 3.8) is 0 Å². The van der Waals surface area contributed by atoms with Gasteiger partial charge in [0.15, 0.2) is 0 Å². The van der Waals surface area contributed by atoms with E-state index in [-0.39, 0.29) is 31.1 Å². The summed E-state index contributed by atoms with van der Waals surface area (Å²) >= 11 is 0. The van der Waals surface area contributed by atoms with Crippen LogP contribution in [0.3, 0.4) is 0 Å². The van der Waals surface area contributed by atoms with Gasteiger partial charge in [-0.3, -0.25) is 0 Å². The van der Waals surface area contributed by atoms with Gasteiger partial charge in [0.2, 0.25) is 0 Å². The van der Waals surface area contributed by atoms with E-state index in [1.165, 1.54) is 12.1 Å². The third-order valence-corrected chi connectivity index (χ3v) is 3.30. The van der Waals surface area contributed by atoms with Crippen molar-refractivity contribution in [3.05, 3.63) is 65.2 Å². The maximum atomic E-state index is 12.9. The molecule has 26 heavy (non-hydrogen) atoms. The standard InChI is InChI=1S/C19H16F3NO3/c1-2-15-8-9-16(12-17(15)19(20,21)22)25-11-10-23-18(24)26-13-14-6-4-3-5-7-14/h1,3-9,12H,10-11,13H2,(H,23,24). The average Bonchev–Trinajstić information content (AvgIpc) is 2.63. The Morgan fingerprint density at radius 2 is 1.88 bits per heavy atom. The number of ether oxygens (including phenoxy) is 2. The van der Waals surface area contributed by atoms with Crippen molar-refractivity contribution < 1.29 is 27.4 Å². The fourth-order valence-corrected chi connectivity index (χ4v) is 2.07. The van der Waals surface area contributed by atoms with Crippen LogP contribution < -0.4 is 10.1 Å². The first-order valence-corrected chi connectivity index (χ1v) is 7.65. The normalized spacial score (nSPS) is 10.7. The van der Waals surface area contributed by atoms with Crippen molar-refractivity contribution in [3.8, 4) is 18.1 Å². The zero-order valence-electron chi connectivity index (χ0n) is 13.7. The van der Waals surface area contributed by atoms with Crippen LogP contribution in [0.2, 0.25) is 0 Å². The Balaban J connectivity index is 1.77. The van der Waals surface area contributed by atoms with Gasteiger partial charge in [-0.2, -0.15) is 13.2 Å². The number of terminal acetylenes is 1. The number of hydrogen-bond donors (Lipinski definition) is 1. The van der Waals surface area contributed by atoms with Gasteiger partial charge in [0.1, 0.15) is 19.0 Å². The van der Waals surface area contributed by atoms with Crippen molar-refractivity contribution in [1.29, 1.82) is 0 Å². The predicted octanol–water partition coefficient (Wildman–Crippen LogP) is 3.99. The van der Waals surface area contributed by atoms with Crippen LogP contribution in [0.25, 0.3) is 0 Å². The van der Waals surface area contributed by atoms with Crippen LogP contribution >= 0.6 is 0 Å². The zero-order valence-corrected chi connectivity index (χ0v) is 13.7. The molecule has 1 amide bonds. The van der Waals surface area contributed by atoms with Crippen LogP contribution in [0.5, 0.6) is 5.75 Å². The summed E-state index contributed by atoms with van der Waals surface area (Å²) in [7, 11) is 0. The molecule has 2 aromatic rings. The Labute approximate surface area is 148 Å². The molecular formula is C19H16F3NO3. The van der Waals surface area contributed by atoms with Gasteiger partial charge in [-0.1, -0.05) is 36.3 Å². The number of alkyl halides is 3. The van der Waals surface area contributed by atoms with Gasteiger partial charge in [-0.05, 0) is 23.8 Å². The lowest BCUT2D eigenvalue weighted by molar-refractivity contribution is -0.137. The van der Waals surface area contributed by atoms with E-state index in [0.29, 0.717) is 0 Å². The lowest BCUT2D eigenvalue weighted by Crippen LogP contribution is -2.28. The minimum Gasteiger partial charge on any atom is -0.492 e. The topological polar surface area (TPSA) is 47.6 Å². The molecule has 0 aliphatic heterocycles. The van der Waals surface area contributed by atoms with Gasteiger partial charge >= 0.3 is 12.3 Å². The summed E-state index contributed by atoms with van der Waals surface area (Å²) in [6.45, 7) is 0.176. The highest BCUT2D eigenvalue weighted by Gasteiger charge is 2.33. The van der Waals surface area contributed by atoms with Gasteiger partial charge in [-0.15, -0.1) is 6.42 Å². The van der Waals surface area contributed by atoms with Crippen molar-refractivity contribution in [2.45, 2.75) is 12.8 Å². The van der Waals surface area contributed by atoms with E-state index in [9.17, 15) is 18.0 Å². The molecular weight excluding hydrogens is 347 g/mol. The highest BCUT2D eigenvalue weighted by atomic mass is 19.4. The third-order valence-electron chi connectivity index (χ3n) is 3.30. The van der Waals surface area contributed by atoms with E-state index in [1.54, 1.807) is 0 Å². The summed E-state index contributed by atoms with van der Waals surface area (Å²) in [5.74, 6) is 2.00. The number of nitrogens with one attached hydrogen (secondary N) is 1. The number of alkyl carbamates (subject to hydrolysis) is 1. The lowest BCUT2D eigenvalue weighted by Gasteiger charge is -2.12. The van der Waals surface area contributed by atoms with Crippen molar-refractivity contribution >= 4 is 6.09 Å². The molecule has 4 nitrogen and oxygen atoms in total. The van der Waals surface area contributed by atoms with E-state index >= 15 is 0 Å². The molecule has 0 spiro atoms. The van der Waals surface area contributed by atoms with Crippen molar-refractivity contribution in [1.82, 2.24) is 5.32 Å². The Hall–Kier alpha value is -3.14. The number of rotatable bonds is 6. The zero-order chi connectivity index (χ0) is 19.0. The second kappa shape index (κ2) is 8.81. The van der Waals surface area contributed by atoms with E-state index in [0.717, 1.165) is 11.6 Å². The number of halogens is 3. The summed E-state index contributed by atoms with van der Waals surface area (Å²) in [5, 5.41) is 2.45. The van der Waals surface area contributed by atoms with Gasteiger partial charge in [0, 0.05) is 5.56 Å². The molecule has 0 aromatic heterocycles. The van der Waals surface area contributed by atoms with Crippen LogP contribution in [0.4, 0.5) is 18.0 Å². The van der Waals surface area contributed by atoms with Crippen LogP contribution in [0.15, 0.2) is 48.5 Å². The molecule has 1 N–H and O–H groups in total. The molecule has 2 rings (SSSR count). The van der Waals surface area contributed by atoms with E-state index in [4.69, 9.17) is 15.9 Å². The maximum Gasteiger partial charge on any atom is 0.417 e. The molecule has 0 aliphatic rings. The molecule has 0 atom stereocenters. The summed E-state index contributed by atoms with van der Waals surface area (Å²) in [5.41, 5.74) is -0.354. The summed E-state index contributed by atoms with van der Waals surface area (Å²) in [6.07, 6.45) is -0.141. The molecule has 0 bridgehead atoms. The first kappa shape index (κ1) is 19.2. The van der Waals surface area contributed by atoms with Gasteiger partial charge in [-0.25, -0.2) is 4.79 Å². The molecule has 136 valence electrons. The van der Waals surface area contributed by atoms with Gasteiger partial charge in [0.05, 0.1) is 12.1 Å². The van der Waals surface area contributed by atoms with Crippen LogP contribution in [0.1, 0.15) is 16.7 Å². The fourth-order valence-electron chi connectivity index (χ4n) is 2.07. The second-order valence-electron chi connectivity index (χ2n) is 5.19. The lowest BCUT2D eigenvalue weighted by atomic mass is 10.1. The molecule has 0 heterocycles. The maximum absolute atomic E-state index is 12.9. The van der Waals surface area contributed by atoms with E-state index < -0.39 is 17.8 Å². The Bertz CT molecular complexity index is 783. The molecule has 0 saturated carbocycles. The molecule has 0 fully saturated rings. The van der Waals surface area contributed by atoms with Crippen LogP contribution in [-0.4, -0.2) is 19.2 Å². The minimum atomic E-state index is -4.57. The monoisotopic (exact) mass is 363 g/mol. The SMILES string of the molecule is C#Cc1ccc(OCCNC(=O)OCc2ccccc2)cc1C(F)(F)F. The number of benzene rings is 2. The smallest absolute Gasteiger partial charge is 0.417 e. The minimum absolute atomic E-state index is 0.00998. The number of carbonyl (C=O) groups excluding carboxylic acids is 1. The Kier molecular flexibility index (Phi) is 6.50. The predicted molar refractivity (Wildman–Crippen MR) is 89.5 cm³/mol. The number of amides is 1. The highest BCUT2D eigenvalue weighted by molar-refractivity contribution is 5.67. The van der Waals surface area contributed by atoms with E-state index in [2.05, 4.69) is 5.32 Å². The molecule has 2 aromatic carbocycles.